The fourth-order valence-electron chi connectivity index (χ4n) is 7.04. The number of carbonyl (C=O) groups excluding carboxylic acids is 4. The number of alkyl carbamates (subject to hydrolysis) is 1. The molecular weight excluding hydrogens is 687 g/mol. The molecule has 0 radical (unpaired) electrons. The van der Waals surface area contributed by atoms with E-state index >= 15 is 0 Å². The average molecular weight is 738 g/mol. The summed E-state index contributed by atoms with van der Waals surface area (Å²) in [4.78, 5) is 70.1. The number of aromatic nitrogens is 1. The monoisotopic (exact) mass is 737 g/mol. The van der Waals surface area contributed by atoms with E-state index in [2.05, 4.69) is 26.9 Å². The van der Waals surface area contributed by atoms with Crippen molar-refractivity contribution >= 4 is 50.8 Å². The van der Waals surface area contributed by atoms with E-state index in [1.165, 1.54) is 11.0 Å². The van der Waals surface area contributed by atoms with Crippen molar-refractivity contribution in [1.29, 1.82) is 0 Å². The molecule has 2 aromatic rings. The molecule has 13 nitrogen and oxygen atoms in total. The minimum absolute atomic E-state index is 0.0136. The molecule has 52 heavy (non-hydrogen) atoms. The molecule has 2 aliphatic carbocycles. The number of aromatic amines is 1. The van der Waals surface area contributed by atoms with Crippen LogP contribution >= 0.6 is 0 Å². The molecule has 4 N–H and O–H groups in total. The number of nitrogens with one attached hydrogen (secondary N) is 4. The first-order valence-corrected chi connectivity index (χ1v) is 20.1. The van der Waals surface area contributed by atoms with Gasteiger partial charge >= 0.3 is 6.09 Å². The molecule has 3 aliphatic rings. The number of para-hydroxylation sites is 1. The van der Waals surface area contributed by atoms with Gasteiger partial charge < -0.3 is 25.3 Å². The molecule has 4 amide bonds. The maximum absolute atomic E-state index is 14.0. The van der Waals surface area contributed by atoms with E-state index in [4.69, 9.17) is 4.74 Å². The number of allylic oxidation sites excluding steroid dienone is 1. The number of rotatable bonds is 17. The Labute approximate surface area is 305 Å². The van der Waals surface area contributed by atoms with Gasteiger partial charge in [0.2, 0.25) is 21.8 Å². The SMILES string of the molecule is C=CCC(NC(=O)[C@@H]1CCCN1C(=O)[C@@H](NC(=O)OCCCCC/C=C/c1cc2ccccc2[nH]c1=O)C1CCCCC1)C(=O)NS(=O)(=O)C1CC1. The van der Waals surface area contributed by atoms with Gasteiger partial charge in [0.1, 0.15) is 18.1 Å². The molecule has 1 unspecified atom stereocenters. The summed E-state index contributed by atoms with van der Waals surface area (Å²) in [6, 6.07) is 6.60. The molecular formula is C38H51N5O8S. The number of fused-ring (bicyclic) bond motifs is 1. The maximum Gasteiger partial charge on any atom is 0.407 e. The number of likely N-dealkylation sites (tertiary alicyclic amines) is 1. The van der Waals surface area contributed by atoms with Crippen LogP contribution in [-0.2, 0) is 29.1 Å². The van der Waals surface area contributed by atoms with E-state index in [1.807, 2.05) is 42.5 Å². The van der Waals surface area contributed by atoms with Crippen LogP contribution in [0.15, 0.2) is 53.9 Å². The zero-order valence-corrected chi connectivity index (χ0v) is 30.5. The van der Waals surface area contributed by atoms with Gasteiger partial charge in [-0.1, -0.05) is 55.7 Å². The van der Waals surface area contributed by atoms with Crippen LogP contribution in [0.4, 0.5) is 4.79 Å². The van der Waals surface area contributed by atoms with E-state index < -0.39 is 51.3 Å². The molecule has 1 saturated heterocycles. The lowest BCUT2D eigenvalue weighted by molar-refractivity contribution is -0.141. The predicted octanol–water partition coefficient (Wildman–Crippen LogP) is 4.44. The van der Waals surface area contributed by atoms with Crippen molar-refractivity contribution in [1.82, 2.24) is 25.2 Å². The first kappa shape index (κ1) is 38.8. The molecule has 0 spiro atoms. The van der Waals surface area contributed by atoms with Crippen molar-refractivity contribution in [3.63, 3.8) is 0 Å². The number of hydrogen-bond donors (Lipinski definition) is 4. The topological polar surface area (TPSA) is 184 Å². The van der Waals surface area contributed by atoms with Gasteiger partial charge in [-0.25, -0.2) is 13.2 Å². The minimum Gasteiger partial charge on any atom is -0.450 e. The molecule has 5 rings (SSSR count). The fourth-order valence-corrected chi connectivity index (χ4v) is 8.39. The average Bonchev–Trinajstić information content (AvgIpc) is 3.89. The Morgan fingerprint density at radius 1 is 0.981 bits per heavy atom. The third kappa shape index (κ3) is 10.5. The number of amides is 4. The zero-order valence-electron chi connectivity index (χ0n) is 29.6. The van der Waals surface area contributed by atoms with Crippen LogP contribution in [0.3, 0.4) is 0 Å². The lowest BCUT2D eigenvalue weighted by Crippen LogP contribution is -2.58. The number of H-pyrrole nitrogens is 1. The quantitative estimate of drug-likeness (QED) is 0.136. The highest BCUT2D eigenvalue weighted by molar-refractivity contribution is 7.90. The Bertz CT molecular complexity index is 1800. The number of unbranched alkanes of at least 4 members (excludes halogenated alkanes) is 3. The van der Waals surface area contributed by atoms with Crippen LogP contribution in [0.2, 0.25) is 0 Å². The smallest absolute Gasteiger partial charge is 0.407 e. The number of nitrogens with zero attached hydrogens (tertiary/aromatic N) is 1. The largest absolute Gasteiger partial charge is 0.450 e. The van der Waals surface area contributed by atoms with E-state index in [1.54, 1.807) is 0 Å². The first-order valence-electron chi connectivity index (χ1n) is 18.6. The molecule has 1 aromatic heterocycles. The third-order valence-corrected chi connectivity index (χ3v) is 11.9. The minimum atomic E-state index is -3.81. The lowest BCUT2D eigenvalue weighted by atomic mass is 9.83. The zero-order chi connectivity index (χ0) is 37.1. The number of benzene rings is 1. The molecule has 2 heterocycles. The van der Waals surface area contributed by atoms with E-state index in [9.17, 15) is 32.4 Å². The molecule has 3 fully saturated rings. The van der Waals surface area contributed by atoms with E-state index in [0.717, 1.165) is 62.3 Å². The molecule has 0 bridgehead atoms. The summed E-state index contributed by atoms with van der Waals surface area (Å²) < 4.78 is 32.3. The summed E-state index contributed by atoms with van der Waals surface area (Å²) in [6.07, 6.45) is 13.9. The number of pyridine rings is 1. The van der Waals surface area contributed by atoms with Crippen molar-refractivity contribution in [3.8, 4) is 0 Å². The van der Waals surface area contributed by atoms with Gasteiger partial charge in [0.15, 0.2) is 0 Å². The molecule has 14 heteroatoms. The third-order valence-electron chi connectivity index (χ3n) is 10.1. The summed E-state index contributed by atoms with van der Waals surface area (Å²) in [7, 11) is -3.81. The van der Waals surface area contributed by atoms with Crippen LogP contribution in [0.25, 0.3) is 17.0 Å². The molecule has 2 saturated carbocycles. The van der Waals surface area contributed by atoms with Gasteiger partial charge in [0.05, 0.1) is 11.9 Å². The van der Waals surface area contributed by atoms with Gasteiger partial charge in [-0.05, 0) is 94.1 Å². The van der Waals surface area contributed by atoms with Gasteiger partial charge in [-0.2, -0.15) is 0 Å². The summed E-state index contributed by atoms with van der Waals surface area (Å²) >= 11 is 0. The lowest BCUT2D eigenvalue weighted by Gasteiger charge is -2.34. The normalized spacial score (nSPS) is 19.2. The highest BCUT2D eigenvalue weighted by atomic mass is 32.2. The Morgan fingerprint density at radius 2 is 1.75 bits per heavy atom. The Kier molecular flexibility index (Phi) is 13.7. The number of sulfonamides is 1. The second-order valence-electron chi connectivity index (χ2n) is 14.0. The van der Waals surface area contributed by atoms with Crippen molar-refractivity contribution in [3.05, 3.63) is 65.0 Å². The molecule has 1 aliphatic heterocycles. The summed E-state index contributed by atoms with van der Waals surface area (Å²) in [6.45, 7) is 4.13. The van der Waals surface area contributed by atoms with E-state index in [0.29, 0.717) is 44.2 Å². The molecule has 3 atom stereocenters. The standard InChI is InChI=1S/C38H51N5O8S/c1-2-14-31(35(45)42-52(49,50)29-21-22-29)40-36(46)32-20-13-23-43(32)37(47)33(26-15-8-6-9-16-26)41-38(48)51-24-12-5-3-4-7-18-28-25-27-17-10-11-19-30(27)39-34(28)44/h2,7,10-11,17-19,25-26,29,31-33H,1,3-6,8-9,12-16,20-24H2,(H,39,44)(H,40,46)(H,41,48)(H,42,45)/b18-7+/t31?,32-,33-/m0/s1. The van der Waals surface area contributed by atoms with Gasteiger partial charge in [0, 0.05) is 17.6 Å². The van der Waals surface area contributed by atoms with Crippen LogP contribution in [0.1, 0.15) is 95.5 Å². The first-order chi connectivity index (χ1) is 25.1. The van der Waals surface area contributed by atoms with Crippen molar-refractivity contribution in [2.75, 3.05) is 13.2 Å². The van der Waals surface area contributed by atoms with Crippen LogP contribution in [0.5, 0.6) is 0 Å². The van der Waals surface area contributed by atoms with Gasteiger partial charge in [-0.3, -0.25) is 23.9 Å². The Balaban J connectivity index is 1.10. The van der Waals surface area contributed by atoms with Crippen molar-refractivity contribution in [2.24, 2.45) is 5.92 Å². The highest BCUT2D eigenvalue weighted by Crippen LogP contribution is 2.30. The summed E-state index contributed by atoms with van der Waals surface area (Å²) in [5.74, 6) is -1.86. The predicted molar refractivity (Wildman–Crippen MR) is 198 cm³/mol. The van der Waals surface area contributed by atoms with Crippen LogP contribution in [-0.4, -0.2) is 78.6 Å². The summed E-state index contributed by atoms with van der Waals surface area (Å²) in [5, 5.41) is 5.83. The highest BCUT2D eigenvalue weighted by Gasteiger charge is 2.42. The maximum atomic E-state index is 14.0. The number of ether oxygens (including phenoxy) is 1. The van der Waals surface area contributed by atoms with Crippen LogP contribution in [0, 0.1) is 5.92 Å². The molecule has 282 valence electrons. The van der Waals surface area contributed by atoms with Gasteiger partial charge in [-0.15, -0.1) is 6.58 Å². The van der Waals surface area contributed by atoms with E-state index in [-0.39, 0.29) is 30.4 Å². The van der Waals surface area contributed by atoms with Crippen molar-refractivity contribution < 1.29 is 32.3 Å². The van der Waals surface area contributed by atoms with Crippen LogP contribution < -0.4 is 20.9 Å². The van der Waals surface area contributed by atoms with Gasteiger partial charge in [0.25, 0.3) is 11.5 Å². The second-order valence-corrected chi connectivity index (χ2v) is 16.0. The second kappa shape index (κ2) is 18.3. The number of carbonyl (C=O) groups is 4. The molecule has 1 aromatic carbocycles. The fraction of sp³-hybridized carbons (Fsp3) is 0.553. The Morgan fingerprint density at radius 3 is 2.50 bits per heavy atom. The number of hydrogen-bond acceptors (Lipinski definition) is 8. The van der Waals surface area contributed by atoms with Crippen molar-refractivity contribution in [2.45, 2.75) is 113 Å². The Hall–Kier alpha value is -4.46. The summed E-state index contributed by atoms with van der Waals surface area (Å²) in [5.41, 5.74) is 1.26.